The Labute approximate surface area is 109 Å². The molecule has 0 aliphatic heterocycles. The van der Waals surface area contributed by atoms with Crippen molar-refractivity contribution in [1.82, 2.24) is 0 Å². The largest absolute Gasteiger partial charge is 0.377 e. The van der Waals surface area contributed by atoms with E-state index in [2.05, 4.69) is 11.4 Å². The van der Waals surface area contributed by atoms with Crippen LogP contribution in [-0.2, 0) is 0 Å². The third-order valence-electron chi connectivity index (χ3n) is 3.15. The summed E-state index contributed by atoms with van der Waals surface area (Å²) in [7, 11) is 0. The molecule has 0 radical (unpaired) electrons. The topological polar surface area (TPSA) is 55.2 Å². The second-order valence-electron chi connectivity index (χ2n) is 4.44. The highest BCUT2D eigenvalue weighted by atomic mass is 19.2. The summed E-state index contributed by atoms with van der Waals surface area (Å²) in [5.74, 6) is -2.29. The zero-order valence-corrected chi connectivity index (χ0v) is 10.3. The fraction of sp³-hybridized carbons (Fsp3) is 0.385. The Bertz CT molecular complexity index is 530. The fourth-order valence-electron chi connectivity index (χ4n) is 2.17. The minimum absolute atomic E-state index is 0.354. The van der Waals surface area contributed by atoms with Crippen LogP contribution < -0.4 is 5.32 Å². The van der Waals surface area contributed by atoms with Crippen molar-refractivity contribution in [2.45, 2.75) is 25.7 Å². The van der Waals surface area contributed by atoms with Gasteiger partial charge in [-0.05, 0) is 31.7 Å². The molecule has 0 heterocycles. The van der Waals surface area contributed by atoms with Gasteiger partial charge in [-0.25, -0.2) is 8.78 Å². The van der Waals surface area contributed by atoms with Gasteiger partial charge in [-0.3, -0.25) is 10.1 Å². The molecule has 0 atom stereocenters. The Balaban J connectivity index is 2.09. The third kappa shape index (κ3) is 3.07. The molecule has 1 aliphatic carbocycles. The van der Waals surface area contributed by atoms with Crippen LogP contribution in [0.5, 0.6) is 0 Å². The second kappa shape index (κ2) is 5.77. The maximum Gasteiger partial charge on any atom is 0.295 e. The molecule has 102 valence electrons. The lowest BCUT2D eigenvalue weighted by Crippen LogP contribution is -2.08. The summed E-state index contributed by atoms with van der Waals surface area (Å²) in [6, 6.07) is 1.73. The summed E-state index contributed by atoms with van der Waals surface area (Å²) < 4.78 is 26.7. The molecule has 1 aliphatic rings. The summed E-state index contributed by atoms with van der Waals surface area (Å²) in [6.45, 7) is 0.354. The Hall–Kier alpha value is -1.98. The van der Waals surface area contributed by atoms with Gasteiger partial charge in [-0.1, -0.05) is 11.6 Å². The molecule has 4 nitrogen and oxygen atoms in total. The van der Waals surface area contributed by atoms with Crippen molar-refractivity contribution in [1.29, 1.82) is 0 Å². The van der Waals surface area contributed by atoms with E-state index in [0.29, 0.717) is 13.0 Å². The molecule has 0 saturated heterocycles. The van der Waals surface area contributed by atoms with E-state index in [1.807, 2.05) is 0 Å². The quantitative estimate of drug-likeness (QED) is 0.502. The maximum atomic E-state index is 13.6. The van der Waals surface area contributed by atoms with Gasteiger partial charge in [0.15, 0.2) is 17.3 Å². The van der Waals surface area contributed by atoms with Gasteiger partial charge in [0.05, 0.1) is 4.92 Å². The van der Waals surface area contributed by atoms with Crippen LogP contribution in [0.4, 0.5) is 20.2 Å². The van der Waals surface area contributed by atoms with Crippen molar-refractivity contribution in [3.05, 3.63) is 45.5 Å². The average molecular weight is 268 g/mol. The van der Waals surface area contributed by atoms with Gasteiger partial charge in [0.2, 0.25) is 0 Å². The molecule has 0 unspecified atom stereocenters. The summed E-state index contributed by atoms with van der Waals surface area (Å²) in [4.78, 5) is 10.0. The number of rotatable bonds is 5. The highest BCUT2D eigenvalue weighted by Crippen LogP contribution is 2.29. The van der Waals surface area contributed by atoms with Gasteiger partial charge in [0.25, 0.3) is 5.69 Å². The number of anilines is 1. The lowest BCUT2D eigenvalue weighted by molar-refractivity contribution is -0.384. The average Bonchev–Trinajstić information content (AvgIpc) is 2.87. The number of benzene rings is 1. The van der Waals surface area contributed by atoms with Gasteiger partial charge in [-0.15, -0.1) is 0 Å². The standard InChI is InChI=1S/C13H14F2N2O2/c14-10-5-6-11(17(18)19)13(12(10)15)16-8-7-9-3-1-2-4-9/h3,5-6,16H,1-2,4,7-8H2. The van der Waals surface area contributed by atoms with Crippen LogP contribution in [0.15, 0.2) is 23.8 Å². The first-order valence-corrected chi connectivity index (χ1v) is 6.13. The van der Waals surface area contributed by atoms with Crippen LogP contribution in [0.3, 0.4) is 0 Å². The van der Waals surface area contributed by atoms with Crippen molar-refractivity contribution >= 4 is 11.4 Å². The number of nitrogens with one attached hydrogen (secondary N) is 1. The van der Waals surface area contributed by atoms with Crippen molar-refractivity contribution in [2.24, 2.45) is 0 Å². The molecule has 0 amide bonds. The predicted molar refractivity (Wildman–Crippen MR) is 68.1 cm³/mol. The van der Waals surface area contributed by atoms with Crippen LogP contribution in [0.25, 0.3) is 0 Å². The van der Waals surface area contributed by atoms with Crippen molar-refractivity contribution in [3.8, 4) is 0 Å². The highest BCUT2D eigenvalue weighted by molar-refractivity contribution is 5.62. The van der Waals surface area contributed by atoms with Crippen molar-refractivity contribution in [3.63, 3.8) is 0 Å². The maximum absolute atomic E-state index is 13.6. The number of allylic oxidation sites excluding steroid dienone is 1. The minimum Gasteiger partial charge on any atom is -0.377 e. The molecular formula is C13H14F2N2O2. The molecule has 0 spiro atoms. The van der Waals surface area contributed by atoms with E-state index in [4.69, 9.17) is 0 Å². The van der Waals surface area contributed by atoms with Crippen LogP contribution in [0.1, 0.15) is 25.7 Å². The smallest absolute Gasteiger partial charge is 0.295 e. The van der Waals surface area contributed by atoms with Gasteiger partial charge >= 0.3 is 0 Å². The molecular weight excluding hydrogens is 254 g/mol. The Kier molecular flexibility index (Phi) is 4.09. The first-order chi connectivity index (χ1) is 9.09. The van der Waals surface area contributed by atoms with Crippen LogP contribution >= 0.6 is 0 Å². The Morgan fingerprint density at radius 3 is 2.79 bits per heavy atom. The normalized spacial score (nSPS) is 14.3. The van der Waals surface area contributed by atoms with E-state index >= 15 is 0 Å². The molecule has 0 fully saturated rings. The Morgan fingerprint density at radius 2 is 2.16 bits per heavy atom. The van der Waals surface area contributed by atoms with Gasteiger partial charge < -0.3 is 5.32 Å². The summed E-state index contributed by atoms with van der Waals surface area (Å²) in [6.07, 6.45) is 5.98. The molecule has 1 N–H and O–H groups in total. The van der Waals surface area contributed by atoms with Crippen molar-refractivity contribution in [2.75, 3.05) is 11.9 Å². The lowest BCUT2D eigenvalue weighted by Gasteiger charge is -2.09. The van der Waals surface area contributed by atoms with E-state index in [1.54, 1.807) is 0 Å². The molecule has 0 bridgehead atoms. The third-order valence-corrected chi connectivity index (χ3v) is 3.15. The van der Waals surface area contributed by atoms with E-state index in [9.17, 15) is 18.9 Å². The minimum atomic E-state index is -1.20. The number of nitro benzene ring substituents is 1. The SMILES string of the molecule is O=[N+]([O-])c1ccc(F)c(F)c1NCCC1=CCCC1. The number of hydrogen-bond donors (Lipinski definition) is 1. The van der Waals surface area contributed by atoms with Crippen molar-refractivity contribution < 1.29 is 13.7 Å². The lowest BCUT2D eigenvalue weighted by atomic mass is 10.1. The molecule has 1 aromatic rings. The van der Waals surface area contributed by atoms with E-state index in [-0.39, 0.29) is 5.69 Å². The molecule has 0 aromatic heterocycles. The first-order valence-electron chi connectivity index (χ1n) is 6.13. The number of nitrogens with zero attached hydrogens (tertiary/aromatic N) is 1. The second-order valence-corrected chi connectivity index (χ2v) is 4.44. The van der Waals surface area contributed by atoms with Gasteiger partial charge in [-0.2, -0.15) is 0 Å². The molecule has 0 saturated carbocycles. The van der Waals surface area contributed by atoms with E-state index in [1.165, 1.54) is 5.57 Å². The number of halogens is 2. The first kappa shape index (κ1) is 13.5. The van der Waals surface area contributed by atoms with Gasteiger partial charge in [0, 0.05) is 12.6 Å². The highest BCUT2D eigenvalue weighted by Gasteiger charge is 2.21. The van der Waals surface area contributed by atoms with Crippen LogP contribution in [0.2, 0.25) is 0 Å². The summed E-state index contributed by atoms with van der Waals surface area (Å²) in [5, 5.41) is 13.4. The summed E-state index contributed by atoms with van der Waals surface area (Å²) >= 11 is 0. The monoisotopic (exact) mass is 268 g/mol. The van der Waals surface area contributed by atoms with E-state index in [0.717, 1.165) is 31.4 Å². The van der Waals surface area contributed by atoms with Crippen LogP contribution in [0, 0.1) is 21.7 Å². The fourth-order valence-corrected chi connectivity index (χ4v) is 2.17. The Morgan fingerprint density at radius 1 is 1.37 bits per heavy atom. The number of hydrogen-bond acceptors (Lipinski definition) is 3. The van der Waals surface area contributed by atoms with Crippen LogP contribution in [-0.4, -0.2) is 11.5 Å². The number of nitro groups is 1. The molecule has 6 heteroatoms. The predicted octanol–water partition coefficient (Wildman–Crippen LogP) is 3.79. The zero-order chi connectivity index (χ0) is 13.8. The zero-order valence-electron chi connectivity index (χ0n) is 10.3. The van der Waals surface area contributed by atoms with E-state index < -0.39 is 22.2 Å². The molecule has 19 heavy (non-hydrogen) atoms. The summed E-state index contributed by atoms with van der Waals surface area (Å²) in [5.41, 5.74) is 0.440. The molecule has 1 aromatic carbocycles. The molecule has 2 rings (SSSR count). The van der Waals surface area contributed by atoms with Gasteiger partial charge in [0.1, 0.15) is 0 Å².